The first-order valence-electron chi connectivity index (χ1n) is 4.24. The molecule has 0 spiro atoms. The summed E-state index contributed by atoms with van der Waals surface area (Å²) < 4.78 is 12.9. The second-order valence-electron chi connectivity index (χ2n) is 2.75. The molecule has 1 rings (SSSR count). The number of pyridine rings is 1. The lowest BCUT2D eigenvalue weighted by molar-refractivity contribution is 0.0953. The van der Waals surface area contributed by atoms with Gasteiger partial charge in [-0.05, 0) is 12.5 Å². The van der Waals surface area contributed by atoms with Gasteiger partial charge in [0.05, 0.1) is 5.56 Å². The number of halogens is 2. The van der Waals surface area contributed by atoms with Gasteiger partial charge in [0.2, 0.25) is 0 Å². The lowest BCUT2D eigenvalue weighted by Crippen LogP contribution is -2.24. The van der Waals surface area contributed by atoms with Crippen molar-refractivity contribution in [2.24, 2.45) is 0 Å². The van der Waals surface area contributed by atoms with Crippen LogP contribution in [-0.4, -0.2) is 17.4 Å². The molecular weight excluding hydrogens is 207 g/mol. The Morgan fingerprint density at radius 2 is 2.43 bits per heavy atom. The standard InChI is InChI=1S/C9H10ClFN2O/c1-2-3-12-9(14)6-4-7(11)8(10)13-5-6/h4-5H,2-3H2,1H3,(H,12,14). The van der Waals surface area contributed by atoms with Crippen molar-refractivity contribution in [3.63, 3.8) is 0 Å². The van der Waals surface area contributed by atoms with Gasteiger partial charge in [-0.3, -0.25) is 4.79 Å². The lowest BCUT2D eigenvalue weighted by Gasteiger charge is -2.03. The number of carbonyl (C=O) groups is 1. The number of hydrogen-bond acceptors (Lipinski definition) is 2. The first-order chi connectivity index (χ1) is 6.65. The van der Waals surface area contributed by atoms with E-state index in [-0.39, 0.29) is 16.6 Å². The third kappa shape index (κ3) is 2.67. The molecule has 3 nitrogen and oxygen atoms in total. The van der Waals surface area contributed by atoms with E-state index >= 15 is 0 Å². The Kier molecular flexibility index (Phi) is 3.83. The van der Waals surface area contributed by atoms with E-state index < -0.39 is 5.82 Å². The maximum atomic E-state index is 12.9. The van der Waals surface area contributed by atoms with Crippen LogP contribution in [0.4, 0.5) is 4.39 Å². The molecule has 0 atom stereocenters. The number of rotatable bonds is 3. The van der Waals surface area contributed by atoms with Gasteiger partial charge in [-0.15, -0.1) is 0 Å². The average molecular weight is 217 g/mol. The van der Waals surface area contributed by atoms with Crippen molar-refractivity contribution in [2.45, 2.75) is 13.3 Å². The summed E-state index contributed by atoms with van der Waals surface area (Å²) in [5, 5.41) is 2.38. The van der Waals surface area contributed by atoms with E-state index in [2.05, 4.69) is 10.3 Å². The Hall–Kier alpha value is -1.16. The zero-order chi connectivity index (χ0) is 10.6. The van der Waals surface area contributed by atoms with Gasteiger partial charge in [-0.2, -0.15) is 0 Å². The highest BCUT2D eigenvalue weighted by Crippen LogP contribution is 2.11. The van der Waals surface area contributed by atoms with Crippen LogP contribution in [0.2, 0.25) is 5.15 Å². The molecule has 5 heteroatoms. The topological polar surface area (TPSA) is 42.0 Å². The Morgan fingerprint density at radius 3 is 3.00 bits per heavy atom. The zero-order valence-electron chi connectivity index (χ0n) is 7.68. The normalized spacial score (nSPS) is 9.93. The Labute approximate surface area is 86.3 Å². The fourth-order valence-corrected chi connectivity index (χ4v) is 0.989. The van der Waals surface area contributed by atoms with Gasteiger partial charge < -0.3 is 5.32 Å². The van der Waals surface area contributed by atoms with Crippen LogP contribution in [0, 0.1) is 5.82 Å². The maximum Gasteiger partial charge on any atom is 0.252 e. The first kappa shape index (κ1) is 10.9. The molecule has 0 aliphatic carbocycles. The largest absolute Gasteiger partial charge is 0.352 e. The van der Waals surface area contributed by atoms with Crippen molar-refractivity contribution in [3.8, 4) is 0 Å². The Morgan fingerprint density at radius 1 is 1.71 bits per heavy atom. The third-order valence-electron chi connectivity index (χ3n) is 1.59. The first-order valence-corrected chi connectivity index (χ1v) is 4.62. The summed E-state index contributed by atoms with van der Waals surface area (Å²) in [5.74, 6) is -1.02. The third-order valence-corrected chi connectivity index (χ3v) is 1.87. The molecule has 76 valence electrons. The highest BCUT2D eigenvalue weighted by atomic mass is 35.5. The van der Waals surface area contributed by atoms with Crippen LogP contribution in [0.3, 0.4) is 0 Å². The fraction of sp³-hybridized carbons (Fsp3) is 0.333. The van der Waals surface area contributed by atoms with Crippen LogP contribution in [-0.2, 0) is 0 Å². The number of hydrogen-bond donors (Lipinski definition) is 1. The van der Waals surface area contributed by atoms with E-state index in [0.29, 0.717) is 6.54 Å². The zero-order valence-corrected chi connectivity index (χ0v) is 8.44. The smallest absolute Gasteiger partial charge is 0.252 e. The maximum absolute atomic E-state index is 12.9. The van der Waals surface area contributed by atoms with Crippen molar-refractivity contribution in [1.29, 1.82) is 0 Å². The van der Waals surface area contributed by atoms with E-state index in [1.807, 2.05) is 6.92 Å². The second-order valence-corrected chi connectivity index (χ2v) is 3.11. The molecule has 0 fully saturated rings. The monoisotopic (exact) mass is 216 g/mol. The number of carbonyl (C=O) groups excluding carboxylic acids is 1. The molecule has 1 N–H and O–H groups in total. The lowest BCUT2D eigenvalue weighted by atomic mass is 10.2. The van der Waals surface area contributed by atoms with E-state index in [4.69, 9.17) is 11.6 Å². The highest BCUT2D eigenvalue weighted by Gasteiger charge is 2.08. The molecular formula is C9H10ClFN2O. The van der Waals surface area contributed by atoms with Crippen molar-refractivity contribution >= 4 is 17.5 Å². The quantitative estimate of drug-likeness (QED) is 0.786. The molecule has 1 amide bonds. The van der Waals surface area contributed by atoms with Crippen molar-refractivity contribution in [2.75, 3.05) is 6.54 Å². The van der Waals surface area contributed by atoms with Gasteiger partial charge in [0, 0.05) is 12.7 Å². The molecule has 0 bridgehead atoms. The van der Waals surface area contributed by atoms with E-state index in [0.717, 1.165) is 12.5 Å². The molecule has 0 unspecified atom stereocenters. The molecule has 14 heavy (non-hydrogen) atoms. The number of aromatic nitrogens is 1. The minimum Gasteiger partial charge on any atom is -0.352 e. The molecule has 0 aliphatic rings. The van der Waals surface area contributed by atoms with Gasteiger partial charge in [0.15, 0.2) is 11.0 Å². The Bertz CT molecular complexity index is 344. The van der Waals surface area contributed by atoms with Crippen LogP contribution >= 0.6 is 11.6 Å². The van der Waals surface area contributed by atoms with Crippen LogP contribution in [0.25, 0.3) is 0 Å². The van der Waals surface area contributed by atoms with E-state index in [1.54, 1.807) is 0 Å². The minimum absolute atomic E-state index is 0.181. The van der Waals surface area contributed by atoms with Gasteiger partial charge in [-0.25, -0.2) is 9.37 Å². The van der Waals surface area contributed by atoms with E-state index in [9.17, 15) is 9.18 Å². The predicted octanol–water partition coefficient (Wildman–Crippen LogP) is 2.01. The molecule has 0 aromatic carbocycles. The van der Waals surface area contributed by atoms with Crippen LogP contribution in [0.1, 0.15) is 23.7 Å². The number of nitrogens with one attached hydrogen (secondary N) is 1. The molecule has 0 saturated heterocycles. The van der Waals surface area contributed by atoms with Gasteiger partial charge >= 0.3 is 0 Å². The molecule has 1 heterocycles. The fourth-order valence-electron chi connectivity index (χ4n) is 0.886. The molecule has 0 saturated carbocycles. The van der Waals surface area contributed by atoms with Gasteiger partial charge in [0.25, 0.3) is 5.91 Å². The molecule has 1 aromatic rings. The molecule has 0 aliphatic heterocycles. The van der Waals surface area contributed by atoms with Gasteiger partial charge in [0.1, 0.15) is 0 Å². The minimum atomic E-state index is -0.684. The number of amides is 1. The molecule has 0 radical (unpaired) electrons. The van der Waals surface area contributed by atoms with Crippen LogP contribution < -0.4 is 5.32 Å². The average Bonchev–Trinajstić information content (AvgIpc) is 2.18. The molecule has 1 aromatic heterocycles. The summed E-state index contributed by atoms with van der Waals surface area (Å²) in [7, 11) is 0. The van der Waals surface area contributed by atoms with Crippen molar-refractivity contribution in [3.05, 3.63) is 28.8 Å². The summed E-state index contributed by atoms with van der Waals surface area (Å²) in [6.45, 7) is 2.49. The second kappa shape index (κ2) is 4.91. The van der Waals surface area contributed by atoms with Crippen molar-refractivity contribution in [1.82, 2.24) is 10.3 Å². The summed E-state index contributed by atoms with van der Waals surface area (Å²) in [6, 6.07) is 1.07. The van der Waals surface area contributed by atoms with Crippen LogP contribution in [0.15, 0.2) is 12.3 Å². The highest BCUT2D eigenvalue weighted by molar-refractivity contribution is 6.29. The summed E-state index contributed by atoms with van der Waals surface area (Å²) in [6.07, 6.45) is 2.08. The van der Waals surface area contributed by atoms with E-state index in [1.165, 1.54) is 6.20 Å². The van der Waals surface area contributed by atoms with Gasteiger partial charge in [-0.1, -0.05) is 18.5 Å². The Balaban J connectivity index is 2.76. The van der Waals surface area contributed by atoms with Crippen molar-refractivity contribution < 1.29 is 9.18 Å². The van der Waals surface area contributed by atoms with Crippen LogP contribution in [0.5, 0.6) is 0 Å². The SMILES string of the molecule is CCCNC(=O)c1cnc(Cl)c(F)c1. The summed E-state index contributed by atoms with van der Waals surface area (Å²) in [5.41, 5.74) is 0.181. The predicted molar refractivity (Wildman–Crippen MR) is 51.8 cm³/mol. The summed E-state index contributed by atoms with van der Waals surface area (Å²) in [4.78, 5) is 14.8. The summed E-state index contributed by atoms with van der Waals surface area (Å²) >= 11 is 5.37. The number of nitrogens with zero attached hydrogens (tertiary/aromatic N) is 1.